The minimum absolute atomic E-state index is 0.0849. The van der Waals surface area contributed by atoms with Crippen LogP contribution in [-0.4, -0.2) is 107 Å². The number of ether oxygens (including phenoxy) is 1. The number of amides is 1. The Balaban J connectivity index is 1.15. The van der Waals surface area contributed by atoms with Crippen molar-refractivity contribution in [3.63, 3.8) is 0 Å². The molecular formula is C36H32F3N9O3. The zero-order chi connectivity index (χ0) is 35.1. The molecule has 4 aliphatic heterocycles. The summed E-state index contributed by atoms with van der Waals surface area (Å²) < 4.78 is 53.9. The fraction of sp³-hybridized carbons (Fsp3) is 0.389. The van der Waals surface area contributed by atoms with Crippen molar-refractivity contribution in [2.75, 3.05) is 44.2 Å². The monoisotopic (exact) mass is 695 g/mol. The fourth-order valence-corrected chi connectivity index (χ4v) is 8.65. The van der Waals surface area contributed by atoms with Crippen molar-refractivity contribution in [2.24, 2.45) is 0 Å². The number of phenolic OH excluding ortho intramolecular Hbond substituents is 1. The molecule has 0 radical (unpaired) electrons. The summed E-state index contributed by atoms with van der Waals surface area (Å²) in [6, 6.07) is 5.00. The molecule has 0 bridgehead atoms. The van der Waals surface area contributed by atoms with Crippen LogP contribution in [0.4, 0.5) is 23.8 Å². The number of aromatic nitrogens is 6. The minimum atomic E-state index is -0.964. The molecule has 1 spiro atoms. The van der Waals surface area contributed by atoms with Gasteiger partial charge in [0.2, 0.25) is 0 Å². The number of fused-ring (bicyclic) bond motifs is 3. The van der Waals surface area contributed by atoms with Crippen LogP contribution in [0.15, 0.2) is 43.1 Å². The van der Waals surface area contributed by atoms with Gasteiger partial charge in [0.05, 0.1) is 22.0 Å². The third kappa shape index (κ3) is 4.87. The minimum Gasteiger partial charge on any atom is -0.508 e. The molecule has 2 aromatic carbocycles. The number of anilines is 1. The van der Waals surface area contributed by atoms with Crippen LogP contribution in [0.5, 0.6) is 11.8 Å². The maximum absolute atomic E-state index is 17.0. The van der Waals surface area contributed by atoms with Crippen molar-refractivity contribution in [3.8, 4) is 35.4 Å². The first-order chi connectivity index (χ1) is 24.7. The van der Waals surface area contributed by atoms with E-state index < -0.39 is 28.9 Å². The summed E-state index contributed by atoms with van der Waals surface area (Å²) in [5.74, 6) is 1.03. The predicted octanol–water partition coefficient (Wildman–Crippen LogP) is 4.68. The van der Waals surface area contributed by atoms with Gasteiger partial charge in [-0.1, -0.05) is 12.0 Å². The zero-order valence-electron chi connectivity index (χ0n) is 27.4. The predicted molar refractivity (Wildman–Crippen MR) is 180 cm³/mol. The smallest absolute Gasteiger partial charge is 0.346 e. The standard InChI is InChI=1S/C36H32F3N9O3/c1-2-24-27(38)5-4-21-12-23(49)13-25(28(21)24)30-29(39)31-26(15-41-30)32(44-33(43-31)51-18-36-6-3-9-46(36)16-22(37)14-36)45-10-7-35(17-45)8-11-47(35)34(50)48-20-40-19-42-48/h1,4-5,12-13,15,19-20,22,49H,3,6-11,14,16-18H2/t22-,35?,36+/m1/s1. The molecule has 4 saturated heterocycles. The van der Waals surface area contributed by atoms with Crippen LogP contribution in [0.1, 0.15) is 37.7 Å². The van der Waals surface area contributed by atoms with E-state index in [4.69, 9.17) is 16.1 Å². The Hall–Kier alpha value is -5.49. The van der Waals surface area contributed by atoms with Crippen LogP contribution in [0.25, 0.3) is 32.9 Å². The molecule has 3 atom stereocenters. The lowest BCUT2D eigenvalue weighted by atomic mass is 9.84. The van der Waals surface area contributed by atoms with E-state index in [0.29, 0.717) is 55.6 Å². The van der Waals surface area contributed by atoms with Gasteiger partial charge in [0.25, 0.3) is 0 Å². The van der Waals surface area contributed by atoms with E-state index >= 15 is 4.39 Å². The third-order valence-electron chi connectivity index (χ3n) is 11.2. The van der Waals surface area contributed by atoms with Crippen molar-refractivity contribution in [2.45, 2.75) is 49.4 Å². The Labute approximate surface area is 289 Å². The van der Waals surface area contributed by atoms with E-state index in [1.54, 1.807) is 4.90 Å². The molecule has 1 N–H and O–H groups in total. The van der Waals surface area contributed by atoms with Crippen LogP contribution >= 0.6 is 0 Å². The highest BCUT2D eigenvalue weighted by Crippen LogP contribution is 2.44. The number of carbonyl (C=O) groups is 1. The average Bonchev–Trinajstić information content (AvgIpc) is 3.92. The normalized spacial score (nSPS) is 24.4. The first-order valence-corrected chi connectivity index (χ1v) is 16.9. The number of halogens is 3. The average molecular weight is 696 g/mol. The van der Waals surface area contributed by atoms with E-state index in [1.165, 1.54) is 47.8 Å². The topological polar surface area (TPSA) is 126 Å². The quantitative estimate of drug-likeness (QED) is 0.259. The number of carbonyl (C=O) groups excluding carboxylic acids is 1. The number of nitrogens with zero attached hydrogens (tertiary/aromatic N) is 9. The molecule has 7 heterocycles. The van der Waals surface area contributed by atoms with Gasteiger partial charge >= 0.3 is 12.0 Å². The van der Waals surface area contributed by atoms with E-state index in [0.717, 1.165) is 25.8 Å². The molecule has 4 fully saturated rings. The van der Waals surface area contributed by atoms with E-state index in [-0.39, 0.29) is 52.1 Å². The summed E-state index contributed by atoms with van der Waals surface area (Å²) >= 11 is 0. The van der Waals surface area contributed by atoms with Crippen LogP contribution in [0.2, 0.25) is 0 Å². The van der Waals surface area contributed by atoms with E-state index in [1.807, 2.05) is 4.90 Å². The Morgan fingerprint density at radius 2 is 2.00 bits per heavy atom. The number of hydrogen-bond acceptors (Lipinski definition) is 10. The highest BCUT2D eigenvalue weighted by Gasteiger charge is 2.53. The number of pyridine rings is 1. The number of likely N-dealkylation sites (tertiary alicyclic amines) is 1. The van der Waals surface area contributed by atoms with Gasteiger partial charge in [-0.15, -0.1) is 6.42 Å². The highest BCUT2D eigenvalue weighted by atomic mass is 19.1. The molecule has 12 nitrogen and oxygen atoms in total. The molecule has 9 rings (SSSR count). The van der Waals surface area contributed by atoms with Gasteiger partial charge in [-0.05, 0) is 55.8 Å². The lowest BCUT2D eigenvalue weighted by molar-refractivity contribution is 0.0400. The molecule has 0 aliphatic carbocycles. The molecule has 4 aliphatic rings. The first kappa shape index (κ1) is 31.5. The Bertz CT molecular complexity index is 2280. The Morgan fingerprint density at radius 1 is 1.14 bits per heavy atom. The molecule has 1 amide bonds. The van der Waals surface area contributed by atoms with Gasteiger partial charge in [0.1, 0.15) is 54.0 Å². The molecule has 1 unspecified atom stereocenters. The molecule has 5 aromatic rings. The maximum atomic E-state index is 17.0. The second-order valence-electron chi connectivity index (χ2n) is 14.0. The molecule has 15 heteroatoms. The van der Waals surface area contributed by atoms with Crippen LogP contribution < -0.4 is 9.64 Å². The van der Waals surface area contributed by atoms with Crippen molar-refractivity contribution in [3.05, 3.63) is 60.3 Å². The van der Waals surface area contributed by atoms with Crippen molar-refractivity contribution < 1.29 is 27.8 Å². The molecule has 260 valence electrons. The summed E-state index contributed by atoms with van der Waals surface area (Å²) in [5.41, 5.74) is -1.28. The van der Waals surface area contributed by atoms with Crippen LogP contribution in [0.3, 0.4) is 0 Å². The Morgan fingerprint density at radius 3 is 2.78 bits per heavy atom. The highest BCUT2D eigenvalue weighted by molar-refractivity contribution is 6.03. The number of terminal acetylenes is 1. The number of phenols is 1. The number of benzene rings is 2. The van der Waals surface area contributed by atoms with Gasteiger partial charge in [0, 0.05) is 49.7 Å². The number of aromatic hydroxyl groups is 1. The van der Waals surface area contributed by atoms with Gasteiger partial charge in [-0.3, -0.25) is 9.88 Å². The lowest BCUT2D eigenvalue weighted by Gasteiger charge is -2.50. The van der Waals surface area contributed by atoms with Crippen molar-refractivity contribution in [1.29, 1.82) is 0 Å². The molecule has 51 heavy (non-hydrogen) atoms. The van der Waals surface area contributed by atoms with Gasteiger partial charge in [-0.2, -0.15) is 19.7 Å². The number of rotatable bonds is 5. The largest absolute Gasteiger partial charge is 0.508 e. The molecular weight excluding hydrogens is 663 g/mol. The third-order valence-corrected chi connectivity index (χ3v) is 11.2. The maximum Gasteiger partial charge on any atom is 0.346 e. The van der Waals surface area contributed by atoms with Crippen LogP contribution in [0, 0.1) is 24.0 Å². The zero-order valence-corrected chi connectivity index (χ0v) is 27.4. The molecule has 3 aromatic heterocycles. The first-order valence-electron chi connectivity index (χ1n) is 16.9. The second kappa shape index (κ2) is 11.5. The summed E-state index contributed by atoms with van der Waals surface area (Å²) in [7, 11) is 0. The lowest BCUT2D eigenvalue weighted by Crippen LogP contribution is -2.64. The molecule has 0 saturated carbocycles. The second-order valence-corrected chi connectivity index (χ2v) is 14.0. The SMILES string of the molecule is C#Cc1c(F)ccc2cc(O)cc(-c3ncc4c(N5CCC6(CCN6C(=O)n6cncn6)C5)nc(OC[C@@]56CCCN5C[C@H](F)C6)nc4c3F)c12. The van der Waals surface area contributed by atoms with Crippen molar-refractivity contribution >= 4 is 33.5 Å². The summed E-state index contributed by atoms with van der Waals surface area (Å²) in [4.78, 5) is 36.8. The fourth-order valence-electron chi connectivity index (χ4n) is 8.65. The number of alkyl halides is 1. The van der Waals surface area contributed by atoms with Crippen LogP contribution in [-0.2, 0) is 0 Å². The summed E-state index contributed by atoms with van der Waals surface area (Å²) in [5, 5.41) is 15.5. The van der Waals surface area contributed by atoms with Gasteiger partial charge < -0.3 is 19.6 Å². The van der Waals surface area contributed by atoms with Gasteiger partial charge in [-0.25, -0.2) is 22.9 Å². The summed E-state index contributed by atoms with van der Waals surface area (Å²) in [6.07, 6.45) is 12.3. The van der Waals surface area contributed by atoms with E-state index in [2.05, 4.69) is 30.9 Å². The summed E-state index contributed by atoms with van der Waals surface area (Å²) in [6.45, 7) is 2.70. The number of hydrogen-bond donors (Lipinski definition) is 1. The van der Waals surface area contributed by atoms with E-state index in [9.17, 15) is 18.7 Å². The Kier molecular flexibility index (Phi) is 7.12. The van der Waals surface area contributed by atoms with Gasteiger partial charge in [0.15, 0.2) is 5.82 Å². The van der Waals surface area contributed by atoms with Crippen molar-refractivity contribution in [1.82, 2.24) is 39.5 Å².